The molecule has 0 saturated heterocycles. The van der Waals surface area contributed by atoms with E-state index in [-0.39, 0.29) is 0 Å². The van der Waals surface area contributed by atoms with Crippen LogP contribution < -0.4 is 5.32 Å². The van der Waals surface area contributed by atoms with Crippen LogP contribution in [0.4, 0.5) is 5.69 Å². The number of nitrogens with zero attached hydrogens (tertiary/aromatic N) is 1. The van der Waals surface area contributed by atoms with Crippen molar-refractivity contribution in [3.05, 3.63) is 24.0 Å². The summed E-state index contributed by atoms with van der Waals surface area (Å²) in [6, 6.07) is 3.75. The van der Waals surface area contributed by atoms with Gasteiger partial charge in [0.2, 0.25) is 0 Å². The Kier molecular flexibility index (Phi) is 2.21. The summed E-state index contributed by atoms with van der Waals surface area (Å²) in [6.07, 6.45) is 1.69. The van der Waals surface area contributed by atoms with Gasteiger partial charge in [0.25, 0.3) is 0 Å². The highest BCUT2D eigenvalue weighted by Crippen LogP contribution is 2.10. The van der Waals surface area contributed by atoms with E-state index in [1.54, 1.807) is 13.1 Å². The molecule has 0 saturated carbocycles. The summed E-state index contributed by atoms with van der Waals surface area (Å²) in [6.45, 7) is 1.73. The second-order valence-corrected chi connectivity index (χ2v) is 2.27. The Morgan fingerprint density at radius 3 is 2.82 bits per heavy atom. The second kappa shape index (κ2) is 3.14. The van der Waals surface area contributed by atoms with Gasteiger partial charge in [-0.15, -0.1) is 0 Å². The van der Waals surface area contributed by atoms with Gasteiger partial charge in [-0.25, -0.2) is 0 Å². The number of rotatable bonds is 2. The van der Waals surface area contributed by atoms with Gasteiger partial charge >= 0.3 is 0 Å². The lowest BCUT2D eigenvalue weighted by Crippen LogP contribution is -2.02. The first-order valence-electron chi connectivity index (χ1n) is 3.44. The summed E-state index contributed by atoms with van der Waals surface area (Å²) in [5.74, 6) is 0. The molecule has 0 unspecified atom stereocenters. The molecule has 3 nitrogen and oxygen atoms in total. The number of nitrogens with one attached hydrogen (secondary N) is 2. The Labute approximate surface area is 66.0 Å². The smallest absolute Gasteiger partial charge is 0.106 e. The Morgan fingerprint density at radius 1 is 1.64 bits per heavy atom. The molecule has 2 N–H and O–H groups in total. The van der Waals surface area contributed by atoms with E-state index in [4.69, 9.17) is 5.41 Å². The minimum atomic E-state index is 0.481. The molecule has 0 aliphatic rings. The Bertz CT molecular complexity index is 268. The number of aromatic nitrogens is 1. The third kappa shape index (κ3) is 1.55. The number of pyridine rings is 1. The molecule has 0 fully saturated rings. The van der Waals surface area contributed by atoms with Crippen LogP contribution in [-0.2, 0) is 0 Å². The van der Waals surface area contributed by atoms with Crippen LogP contribution in [0.15, 0.2) is 18.3 Å². The predicted octanol–water partition coefficient (Wildman–Crippen LogP) is 1.51. The molecule has 1 heterocycles. The monoisotopic (exact) mass is 149 g/mol. The minimum absolute atomic E-state index is 0.481. The third-order valence-electron chi connectivity index (χ3n) is 1.43. The average molecular weight is 149 g/mol. The number of hydrogen-bond donors (Lipinski definition) is 2. The van der Waals surface area contributed by atoms with Gasteiger partial charge in [-0.1, -0.05) is 0 Å². The topological polar surface area (TPSA) is 48.8 Å². The molecular formula is C8H11N3. The van der Waals surface area contributed by atoms with Crippen molar-refractivity contribution in [2.75, 3.05) is 12.4 Å². The van der Waals surface area contributed by atoms with E-state index in [0.717, 1.165) is 11.4 Å². The van der Waals surface area contributed by atoms with Crippen LogP contribution in [0.2, 0.25) is 0 Å². The minimum Gasteiger partial charge on any atom is -0.386 e. The fraction of sp³-hybridized carbons (Fsp3) is 0.250. The van der Waals surface area contributed by atoms with Gasteiger partial charge in [0.15, 0.2) is 0 Å². The molecule has 0 amide bonds. The zero-order valence-electron chi connectivity index (χ0n) is 6.68. The molecule has 1 aromatic heterocycles. The normalized spacial score (nSPS) is 9.27. The molecule has 0 spiro atoms. The van der Waals surface area contributed by atoms with Crippen molar-refractivity contribution >= 4 is 11.4 Å². The van der Waals surface area contributed by atoms with Crippen LogP contribution in [0.1, 0.15) is 12.6 Å². The molecule has 0 aromatic carbocycles. The van der Waals surface area contributed by atoms with Crippen LogP contribution >= 0.6 is 0 Å². The Morgan fingerprint density at radius 2 is 2.36 bits per heavy atom. The maximum atomic E-state index is 7.38. The summed E-state index contributed by atoms with van der Waals surface area (Å²) in [7, 11) is 1.82. The average Bonchev–Trinajstić information content (AvgIpc) is 2.04. The fourth-order valence-corrected chi connectivity index (χ4v) is 0.906. The molecule has 1 aromatic rings. The molecule has 1 rings (SSSR count). The molecule has 11 heavy (non-hydrogen) atoms. The first-order valence-corrected chi connectivity index (χ1v) is 3.44. The van der Waals surface area contributed by atoms with Crippen molar-refractivity contribution in [2.24, 2.45) is 0 Å². The summed E-state index contributed by atoms with van der Waals surface area (Å²) in [5, 5.41) is 10.4. The van der Waals surface area contributed by atoms with Crippen molar-refractivity contribution in [1.29, 1.82) is 5.41 Å². The Balaban J connectivity index is 3.12. The van der Waals surface area contributed by atoms with E-state index >= 15 is 0 Å². The zero-order chi connectivity index (χ0) is 8.27. The standard InChI is InChI=1S/C8H11N3/c1-6(9)8-7(10-2)4-3-5-11-8/h3-5,9-10H,1-2H3. The van der Waals surface area contributed by atoms with E-state index in [9.17, 15) is 0 Å². The van der Waals surface area contributed by atoms with Gasteiger partial charge in [-0.05, 0) is 19.1 Å². The lowest BCUT2D eigenvalue weighted by atomic mass is 10.2. The maximum Gasteiger partial charge on any atom is 0.106 e. The van der Waals surface area contributed by atoms with Gasteiger partial charge in [0.1, 0.15) is 5.69 Å². The SMILES string of the molecule is CNc1cccnc1C(C)=N. The van der Waals surface area contributed by atoms with Gasteiger partial charge in [-0.3, -0.25) is 4.98 Å². The van der Waals surface area contributed by atoms with Crippen LogP contribution in [0.25, 0.3) is 0 Å². The van der Waals surface area contributed by atoms with Crippen LogP contribution in [0.3, 0.4) is 0 Å². The van der Waals surface area contributed by atoms with Gasteiger partial charge < -0.3 is 10.7 Å². The van der Waals surface area contributed by atoms with E-state index in [2.05, 4.69) is 10.3 Å². The molecule has 3 heteroatoms. The largest absolute Gasteiger partial charge is 0.386 e. The van der Waals surface area contributed by atoms with Crippen LogP contribution in [0.5, 0.6) is 0 Å². The highest BCUT2D eigenvalue weighted by molar-refractivity contribution is 5.99. The number of anilines is 1. The van der Waals surface area contributed by atoms with E-state index < -0.39 is 0 Å². The second-order valence-electron chi connectivity index (χ2n) is 2.27. The highest BCUT2D eigenvalue weighted by atomic mass is 14.9. The summed E-state index contributed by atoms with van der Waals surface area (Å²) < 4.78 is 0. The van der Waals surface area contributed by atoms with Gasteiger partial charge in [-0.2, -0.15) is 0 Å². The van der Waals surface area contributed by atoms with Crippen molar-refractivity contribution < 1.29 is 0 Å². The highest BCUT2D eigenvalue weighted by Gasteiger charge is 2.01. The summed E-state index contributed by atoms with van der Waals surface area (Å²) in [5.41, 5.74) is 2.10. The maximum absolute atomic E-state index is 7.38. The van der Waals surface area contributed by atoms with Crippen molar-refractivity contribution in [3.63, 3.8) is 0 Å². The van der Waals surface area contributed by atoms with Crippen molar-refractivity contribution in [3.8, 4) is 0 Å². The lowest BCUT2D eigenvalue weighted by Gasteiger charge is -2.04. The third-order valence-corrected chi connectivity index (χ3v) is 1.43. The molecule has 0 aliphatic carbocycles. The molecule has 0 aliphatic heterocycles. The van der Waals surface area contributed by atoms with Crippen molar-refractivity contribution in [2.45, 2.75) is 6.92 Å². The quantitative estimate of drug-likeness (QED) is 0.626. The molecule has 58 valence electrons. The first kappa shape index (κ1) is 7.72. The lowest BCUT2D eigenvalue weighted by molar-refractivity contribution is 1.25. The Hall–Kier alpha value is -1.38. The van der Waals surface area contributed by atoms with Crippen molar-refractivity contribution in [1.82, 2.24) is 4.98 Å². The summed E-state index contributed by atoms with van der Waals surface area (Å²) in [4.78, 5) is 4.06. The van der Waals surface area contributed by atoms with E-state index in [1.807, 2.05) is 19.2 Å². The van der Waals surface area contributed by atoms with E-state index in [0.29, 0.717) is 5.71 Å². The summed E-state index contributed by atoms with van der Waals surface area (Å²) >= 11 is 0. The zero-order valence-corrected chi connectivity index (χ0v) is 6.68. The van der Waals surface area contributed by atoms with Crippen LogP contribution in [-0.4, -0.2) is 17.7 Å². The molecule has 0 bridgehead atoms. The van der Waals surface area contributed by atoms with Gasteiger partial charge in [0.05, 0.1) is 11.4 Å². The molecule has 0 atom stereocenters. The number of hydrogen-bond acceptors (Lipinski definition) is 3. The van der Waals surface area contributed by atoms with E-state index in [1.165, 1.54) is 0 Å². The first-order chi connectivity index (χ1) is 5.25. The predicted molar refractivity (Wildman–Crippen MR) is 46.3 cm³/mol. The van der Waals surface area contributed by atoms with Crippen LogP contribution in [0, 0.1) is 5.41 Å². The molecule has 0 radical (unpaired) electrons. The fourth-order valence-electron chi connectivity index (χ4n) is 0.906. The van der Waals surface area contributed by atoms with Gasteiger partial charge in [0, 0.05) is 13.2 Å². The molecular weight excluding hydrogens is 138 g/mol.